The third-order valence-electron chi connectivity index (χ3n) is 3.88. The summed E-state index contributed by atoms with van der Waals surface area (Å²) in [6, 6.07) is 0.617. The number of nitrogens with one attached hydrogen (secondary N) is 1. The Morgan fingerprint density at radius 3 is 2.88 bits per heavy atom. The lowest BCUT2D eigenvalue weighted by atomic mass is 10.0. The predicted molar refractivity (Wildman–Crippen MR) is 68.3 cm³/mol. The molecule has 2 atom stereocenters. The fraction of sp³-hybridized carbons (Fsp3) is 1.00. The van der Waals surface area contributed by atoms with Gasteiger partial charge in [0.05, 0.1) is 19.3 Å². The minimum absolute atomic E-state index is 0.156. The molecule has 0 aliphatic carbocycles. The molecule has 0 aromatic heterocycles. The van der Waals surface area contributed by atoms with E-state index in [0.29, 0.717) is 12.1 Å². The van der Waals surface area contributed by atoms with E-state index in [-0.39, 0.29) is 5.54 Å². The number of ether oxygens (including phenoxy) is 2. The van der Waals surface area contributed by atoms with Gasteiger partial charge in [-0.1, -0.05) is 0 Å². The Labute approximate surface area is 105 Å². The quantitative estimate of drug-likeness (QED) is 0.793. The SMILES string of the molecule is CC(C)N1CCOC(CNC2(C)CCOC2)C1. The van der Waals surface area contributed by atoms with Crippen molar-refractivity contribution in [1.82, 2.24) is 10.2 Å². The van der Waals surface area contributed by atoms with Crippen molar-refractivity contribution in [1.29, 1.82) is 0 Å². The molecule has 0 radical (unpaired) electrons. The fourth-order valence-corrected chi connectivity index (χ4v) is 2.50. The molecule has 0 aromatic rings. The lowest BCUT2D eigenvalue weighted by Gasteiger charge is -2.37. The maximum absolute atomic E-state index is 5.82. The van der Waals surface area contributed by atoms with E-state index in [0.717, 1.165) is 45.9 Å². The average Bonchev–Trinajstić information content (AvgIpc) is 2.75. The van der Waals surface area contributed by atoms with Gasteiger partial charge in [-0.05, 0) is 27.2 Å². The molecule has 0 aromatic carbocycles. The summed E-state index contributed by atoms with van der Waals surface area (Å²) < 4.78 is 11.3. The summed E-state index contributed by atoms with van der Waals surface area (Å²) in [6.45, 7) is 12.4. The molecule has 2 saturated heterocycles. The van der Waals surface area contributed by atoms with E-state index >= 15 is 0 Å². The molecule has 0 amide bonds. The van der Waals surface area contributed by atoms with Gasteiger partial charge in [0.1, 0.15) is 0 Å². The van der Waals surface area contributed by atoms with Crippen LogP contribution in [-0.4, -0.2) is 62.0 Å². The predicted octanol–water partition coefficient (Wildman–Crippen LogP) is 0.864. The molecule has 17 heavy (non-hydrogen) atoms. The Balaban J connectivity index is 1.75. The van der Waals surface area contributed by atoms with Gasteiger partial charge in [0.25, 0.3) is 0 Å². The Bertz CT molecular complexity index is 240. The molecule has 2 aliphatic heterocycles. The van der Waals surface area contributed by atoms with Gasteiger partial charge < -0.3 is 14.8 Å². The van der Waals surface area contributed by atoms with Crippen LogP contribution in [0, 0.1) is 0 Å². The van der Waals surface area contributed by atoms with Crippen molar-refractivity contribution in [2.75, 3.05) is 39.5 Å². The summed E-state index contributed by atoms with van der Waals surface area (Å²) >= 11 is 0. The summed E-state index contributed by atoms with van der Waals surface area (Å²) in [7, 11) is 0. The topological polar surface area (TPSA) is 33.7 Å². The second-order valence-electron chi connectivity index (χ2n) is 5.83. The van der Waals surface area contributed by atoms with Crippen molar-refractivity contribution in [2.45, 2.75) is 44.9 Å². The molecule has 2 heterocycles. The highest BCUT2D eigenvalue weighted by Crippen LogP contribution is 2.18. The molecule has 2 aliphatic rings. The molecule has 100 valence electrons. The molecule has 4 nitrogen and oxygen atoms in total. The zero-order chi connectivity index (χ0) is 12.3. The lowest BCUT2D eigenvalue weighted by molar-refractivity contribution is -0.0399. The van der Waals surface area contributed by atoms with Gasteiger partial charge in [-0.2, -0.15) is 0 Å². The van der Waals surface area contributed by atoms with Crippen LogP contribution < -0.4 is 5.32 Å². The first-order valence-corrected chi connectivity index (χ1v) is 6.77. The Morgan fingerprint density at radius 1 is 1.41 bits per heavy atom. The highest BCUT2D eigenvalue weighted by molar-refractivity contribution is 4.88. The molecular weight excluding hydrogens is 216 g/mol. The highest BCUT2D eigenvalue weighted by Gasteiger charge is 2.31. The second-order valence-corrected chi connectivity index (χ2v) is 5.83. The van der Waals surface area contributed by atoms with Crippen molar-refractivity contribution < 1.29 is 9.47 Å². The van der Waals surface area contributed by atoms with Gasteiger partial charge >= 0.3 is 0 Å². The third kappa shape index (κ3) is 3.65. The van der Waals surface area contributed by atoms with E-state index in [4.69, 9.17) is 9.47 Å². The first-order chi connectivity index (χ1) is 8.09. The Hall–Kier alpha value is -0.160. The van der Waals surface area contributed by atoms with Crippen LogP contribution in [0.3, 0.4) is 0 Å². The summed E-state index contributed by atoms with van der Waals surface area (Å²) in [5, 5.41) is 3.61. The molecule has 4 heteroatoms. The minimum atomic E-state index is 0.156. The molecule has 2 fully saturated rings. The first kappa shape index (κ1) is 13.3. The van der Waals surface area contributed by atoms with E-state index in [1.54, 1.807) is 0 Å². The summed E-state index contributed by atoms with van der Waals surface area (Å²) in [5.41, 5.74) is 0.156. The molecule has 0 spiro atoms. The average molecular weight is 242 g/mol. The molecule has 1 N–H and O–H groups in total. The van der Waals surface area contributed by atoms with E-state index in [1.165, 1.54) is 0 Å². The first-order valence-electron chi connectivity index (χ1n) is 6.77. The number of nitrogens with zero attached hydrogens (tertiary/aromatic N) is 1. The molecule has 0 bridgehead atoms. The van der Waals surface area contributed by atoms with E-state index < -0.39 is 0 Å². The summed E-state index contributed by atoms with van der Waals surface area (Å²) in [4.78, 5) is 2.49. The van der Waals surface area contributed by atoms with Crippen LogP contribution in [0.25, 0.3) is 0 Å². The summed E-state index contributed by atoms with van der Waals surface area (Å²) in [6.07, 6.45) is 1.43. The van der Waals surface area contributed by atoms with Crippen molar-refractivity contribution in [3.63, 3.8) is 0 Å². The van der Waals surface area contributed by atoms with Crippen molar-refractivity contribution in [3.8, 4) is 0 Å². The van der Waals surface area contributed by atoms with Gasteiger partial charge in [-0.15, -0.1) is 0 Å². The van der Waals surface area contributed by atoms with Crippen LogP contribution in [0.5, 0.6) is 0 Å². The minimum Gasteiger partial charge on any atom is -0.379 e. The van der Waals surface area contributed by atoms with Gasteiger partial charge in [-0.3, -0.25) is 4.90 Å². The van der Waals surface area contributed by atoms with E-state index in [2.05, 4.69) is 31.0 Å². The zero-order valence-corrected chi connectivity index (χ0v) is 11.4. The zero-order valence-electron chi connectivity index (χ0n) is 11.4. The van der Waals surface area contributed by atoms with Crippen LogP contribution >= 0.6 is 0 Å². The Kier molecular flexibility index (Phi) is 4.42. The van der Waals surface area contributed by atoms with Crippen LogP contribution in [0.2, 0.25) is 0 Å². The lowest BCUT2D eigenvalue weighted by Crippen LogP contribution is -2.53. The standard InChI is InChI=1S/C13H26N2O2/c1-11(2)15-5-7-17-12(9-15)8-14-13(3)4-6-16-10-13/h11-12,14H,4-10H2,1-3H3. The van der Waals surface area contributed by atoms with Crippen molar-refractivity contribution >= 4 is 0 Å². The summed E-state index contributed by atoms with van der Waals surface area (Å²) in [5.74, 6) is 0. The van der Waals surface area contributed by atoms with E-state index in [9.17, 15) is 0 Å². The van der Waals surface area contributed by atoms with Crippen LogP contribution in [-0.2, 0) is 9.47 Å². The number of morpholine rings is 1. The third-order valence-corrected chi connectivity index (χ3v) is 3.88. The molecule has 2 rings (SSSR count). The number of rotatable bonds is 4. The largest absolute Gasteiger partial charge is 0.379 e. The monoisotopic (exact) mass is 242 g/mol. The van der Waals surface area contributed by atoms with Crippen LogP contribution in [0.15, 0.2) is 0 Å². The maximum atomic E-state index is 5.82. The van der Waals surface area contributed by atoms with E-state index in [1.807, 2.05) is 0 Å². The highest BCUT2D eigenvalue weighted by atomic mass is 16.5. The van der Waals surface area contributed by atoms with Gasteiger partial charge in [-0.25, -0.2) is 0 Å². The van der Waals surface area contributed by atoms with Crippen LogP contribution in [0.1, 0.15) is 27.2 Å². The van der Waals surface area contributed by atoms with Gasteiger partial charge in [0.15, 0.2) is 0 Å². The smallest absolute Gasteiger partial charge is 0.0827 e. The maximum Gasteiger partial charge on any atom is 0.0827 e. The fourth-order valence-electron chi connectivity index (χ4n) is 2.50. The molecule has 2 unspecified atom stereocenters. The Morgan fingerprint density at radius 2 is 2.24 bits per heavy atom. The molecule has 0 saturated carbocycles. The number of hydrogen-bond donors (Lipinski definition) is 1. The van der Waals surface area contributed by atoms with Crippen LogP contribution in [0.4, 0.5) is 0 Å². The normalized spacial score (nSPS) is 35.6. The van der Waals surface area contributed by atoms with Gasteiger partial charge in [0.2, 0.25) is 0 Å². The van der Waals surface area contributed by atoms with Gasteiger partial charge in [0, 0.05) is 37.8 Å². The number of hydrogen-bond acceptors (Lipinski definition) is 4. The second kappa shape index (κ2) is 5.65. The van der Waals surface area contributed by atoms with Crippen molar-refractivity contribution in [2.24, 2.45) is 0 Å². The molecular formula is C13H26N2O2. The van der Waals surface area contributed by atoms with Crippen molar-refractivity contribution in [3.05, 3.63) is 0 Å².